The molecule has 0 aliphatic carbocycles. The number of amides is 1. The highest BCUT2D eigenvalue weighted by molar-refractivity contribution is 5.94. The van der Waals surface area contributed by atoms with Crippen LogP contribution in [0.3, 0.4) is 0 Å². The summed E-state index contributed by atoms with van der Waals surface area (Å²) < 4.78 is 5.79. The van der Waals surface area contributed by atoms with Crippen molar-refractivity contribution in [2.24, 2.45) is 0 Å². The number of aromatic nitrogens is 2. The molecule has 1 saturated heterocycles. The van der Waals surface area contributed by atoms with Crippen molar-refractivity contribution in [3.63, 3.8) is 0 Å². The molecule has 0 unspecified atom stereocenters. The molecular weight excluding hydrogens is 338 g/mol. The Morgan fingerprint density at radius 3 is 2.15 bits per heavy atom. The van der Waals surface area contributed by atoms with E-state index in [0.29, 0.717) is 19.1 Å². The number of nitrogens with zero attached hydrogens (tertiary/aromatic N) is 3. The summed E-state index contributed by atoms with van der Waals surface area (Å²) in [6.07, 6.45) is 4.95. The van der Waals surface area contributed by atoms with Gasteiger partial charge in [-0.05, 0) is 29.3 Å². The van der Waals surface area contributed by atoms with Crippen LogP contribution in [0.5, 0.6) is 6.01 Å². The monoisotopic (exact) mass is 359 g/mol. The zero-order chi connectivity index (χ0) is 18.5. The van der Waals surface area contributed by atoms with E-state index in [9.17, 15) is 4.79 Å². The van der Waals surface area contributed by atoms with Crippen LogP contribution in [0.25, 0.3) is 11.1 Å². The smallest absolute Gasteiger partial charge is 0.316 e. The molecule has 0 atom stereocenters. The zero-order valence-electron chi connectivity index (χ0n) is 15.0. The molecule has 1 amide bonds. The summed E-state index contributed by atoms with van der Waals surface area (Å²) in [6.45, 7) is 1.35. The van der Waals surface area contributed by atoms with Gasteiger partial charge in [0.1, 0.15) is 6.10 Å². The molecule has 2 aromatic carbocycles. The Kier molecular flexibility index (Phi) is 5.10. The molecule has 1 aromatic heterocycles. The van der Waals surface area contributed by atoms with Gasteiger partial charge in [-0.25, -0.2) is 9.97 Å². The lowest BCUT2D eigenvalue weighted by Gasteiger charge is -2.31. The van der Waals surface area contributed by atoms with Crippen LogP contribution < -0.4 is 4.74 Å². The second-order valence-electron chi connectivity index (χ2n) is 6.58. The van der Waals surface area contributed by atoms with E-state index in [0.717, 1.165) is 29.5 Å². The van der Waals surface area contributed by atoms with Gasteiger partial charge >= 0.3 is 6.01 Å². The van der Waals surface area contributed by atoms with E-state index in [4.69, 9.17) is 4.74 Å². The van der Waals surface area contributed by atoms with E-state index in [2.05, 4.69) is 22.1 Å². The molecule has 0 N–H and O–H groups in total. The van der Waals surface area contributed by atoms with Crippen LogP contribution >= 0.6 is 0 Å². The van der Waals surface area contributed by atoms with Crippen molar-refractivity contribution < 1.29 is 9.53 Å². The molecule has 3 aromatic rings. The quantitative estimate of drug-likeness (QED) is 0.710. The number of benzene rings is 2. The van der Waals surface area contributed by atoms with E-state index in [-0.39, 0.29) is 12.0 Å². The minimum Gasteiger partial charge on any atom is -0.460 e. The number of carbonyl (C=O) groups excluding carboxylic acids is 1. The van der Waals surface area contributed by atoms with E-state index >= 15 is 0 Å². The molecule has 1 fully saturated rings. The topological polar surface area (TPSA) is 55.3 Å². The summed E-state index contributed by atoms with van der Waals surface area (Å²) in [6, 6.07) is 20.2. The van der Waals surface area contributed by atoms with E-state index in [1.165, 1.54) is 0 Å². The number of hydrogen-bond donors (Lipinski definition) is 0. The van der Waals surface area contributed by atoms with Crippen LogP contribution in [-0.2, 0) is 0 Å². The molecule has 0 radical (unpaired) electrons. The van der Waals surface area contributed by atoms with Crippen molar-refractivity contribution in [3.05, 3.63) is 78.6 Å². The minimum absolute atomic E-state index is 0.0527. The van der Waals surface area contributed by atoms with Gasteiger partial charge in [0.25, 0.3) is 5.91 Å². The highest BCUT2D eigenvalue weighted by Crippen LogP contribution is 2.21. The maximum absolute atomic E-state index is 12.8. The number of piperidine rings is 1. The molecule has 0 spiro atoms. The van der Waals surface area contributed by atoms with Crippen LogP contribution in [0.2, 0.25) is 0 Å². The molecule has 1 aliphatic heterocycles. The predicted octanol–water partition coefficient (Wildman–Crippen LogP) is 3.83. The maximum atomic E-state index is 12.8. The fraction of sp³-hybridized carbons (Fsp3) is 0.227. The van der Waals surface area contributed by atoms with Crippen molar-refractivity contribution in [2.45, 2.75) is 18.9 Å². The third-order valence-electron chi connectivity index (χ3n) is 4.78. The van der Waals surface area contributed by atoms with E-state index in [1.807, 2.05) is 47.4 Å². The third kappa shape index (κ3) is 4.14. The molecule has 5 heteroatoms. The first-order valence-corrected chi connectivity index (χ1v) is 9.18. The molecule has 136 valence electrons. The summed E-state index contributed by atoms with van der Waals surface area (Å²) in [7, 11) is 0. The standard InChI is InChI=1S/C22H21N3O2/c26-21(19-9-7-18(8-10-19)17-5-2-1-3-6-17)25-15-11-20(12-16-25)27-22-23-13-4-14-24-22/h1-10,13-14,20H,11-12,15-16H2. The van der Waals surface area contributed by atoms with Crippen molar-refractivity contribution in [2.75, 3.05) is 13.1 Å². The average molecular weight is 359 g/mol. The van der Waals surface area contributed by atoms with Crippen molar-refractivity contribution in [1.29, 1.82) is 0 Å². The lowest BCUT2D eigenvalue weighted by molar-refractivity contribution is 0.0578. The van der Waals surface area contributed by atoms with Gasteiger partial charge in [-0.2, -0.15) is 0 Å². The highest BCUT2D eigenvalue weighted by Gasteiger charge is 2.25. The third-order valence-corrected chi connectivity index (χ3v) is 4.78. The summed E-state index contributed by atoms with van der Waals surface area (Å²) >= 11 is 0. The Labute approximate surface area is 158 Å². The summed E-state index contributed by atoms with van der Waals surface area (Å²) in [5.74, 6) is 0.0732. The van der Waals surface area contributed by atoms with Crippen LogP contribution in [0.15, 0.2) is 73.1 Å². The van der Waals surface area contributed by atoms with Gasteiger partial charge in [-0.15, -0.1) is 0 Å². The normalized spacial score (nSPS) is 14.7. The van der Waals surface area contributed by atoms with Crippen LogP contribution in [0.4, 0.5) is 0 Å². The second-order valence-corrected chi connectivity index (χ2v) is 6.58. The van der Waals surface area contributed by atoms with Gasteiger partial charge in [0.15, 0.2) is 0 Å². The minimum atomic E-state index is 0.0527. The average Bonchev–Trinajstić information content (AvgIpc) is 2.75. The lowest BCUT2D eigenvalue weighted by Crippen LogP contribution is -2.41. The van der Waals surface area contributed by atoms with Crippen LogP contribution in [0, 0.1) is 0 Å². The Bertz CT molecular complexity index is 874. The van der Waals surface area contributed by atoms with Crippen molar-refractivity contribution in [1.82, 2.24) is 14.9 Å². The fourth-order valence-corrected chi connectivity index (χ4v) is 3.29. The first kappa shape index (κ1) is 17.2. The van der Waals surface area contributed by atoms with E-state index in [1.54, 1.807) is 18.5 Å². The first-order chi connectivity index (χ1) is 13.3. The van der Waals surface area contributed by atoms with Crippen LogP contribution in [0.1, 0.15) is 23.2 Å². The molecule has 27 heavy (non-hydrogen) atoms. The number of ether oxygens (including phenoxy) is 1. The van der Waals surface area contributed by atoms with Crippen molar-refractivity contribution >= 4 is 5.91 Å². The van der Waals surface area contributed by atoms with Gasteiger partial charge in [0.2, 0.25) is 0 Å². The number of carbonyl (C=O) groups is 1. The Hall–Kier alpha value is -3.21. The number of hydrogen-bond acceptors (Lipinski definition) is 4. The van der Waals surface area contributed by atoms with Gasteiger partial charge in [0, 0.05) is 43.9 Å². The molecule has 4 rings (SSSR count). The summed E-state index contributed by atoms with van der Waals surface area (Å²) in [5.41, 5.74) is 2.99. The SMILES string of the molecule is O=C(c1ccc(-c2ccccc2)cc1)N1CCC(Oc2ncccn2)CC1. The zero-order valence-corrected chi connectivity index (χ0v) is 15.0. The van der Waals surface area contributed by atoms with E-state index < -0.39 is 0 Å². The molecule has 2 heterocycles. The molecule has 5 nitrogen and oxygen atoms in total. The molecule has 1 aliphatic rings. The summed E-state index contributed by atoms with van der Waals surface area (Å²) in [4.78, 5) is 22.9. The summed E-state index contributed by atoms with van der Waals surface area (Å²) in [5, 5.41) is 0. The number of likely N-dealkylation sites (tertiary alicyclic amines) is 1. The van der Waals surface area contributed by atoms with Crippen molar-refractivity contribution in [3.8, 4) is 17.1 Å². The van der Waals surface area contributed by atoms with Gasteiger partial charge < -0.3 is 9.64 Å². The lowest BCUT2D eigenvalue weighted by atomic mass is 10.0. The van der Waals surface area contributed by atoms with Gasteiger partial charge in [0.05, 0.1) is 0 Å². The maximum Gasteiger partial charge on any atom is 0.316 e. The van der Waals surface area contributed by atoms with Gasteiger partial charge in [-0.3, -0.25) is 4.79 Å². The largest absolute Gasteiger partial charge is 0.460 e. The van der Waals surface area contributed by atoms with Gasteiger partial charge in [-0.1, -0.05) is 42.5 Å². The Morgan fingerprint density at radius 2 is 1.48 bits per heavy atom. The predicted molar refractivity (Wildman–Crippen MR) is 103 cm³/mol. The molecule has 0 saturated carbocycles. The Balaban J connectivity index is 1.35. The number of rotatable bonds is 4. The Morgan fingerprint density at radius 1 is 0.852 bits per heavy atom. The van der Waals surface area contributed by atoms with Crippen LogP contribution in [-0.4, -0.2) is 40.0 Å². The second kappa shape index (κ2) is 7.99. The fourth-order valence-electron chi connectivity index (χ4n) is 3.29. The highest BCUT2D eigenvalue weighted by atomic mass is 16.5. The first-order valence-electron chi connectivity index (χ1n) is 9.18. The molecular formula is C22H21N3O2. The molecule has 0 bridgehead atoms.